The third-order valence-electron chi connectivity index (χ3n) is 3.76. The normalized spacial score (nSPS) is 19.1. The molecule has 2 rings (SSSR count). The summed E-state index contributed by atoms with van der Waals surface area (Å²) >= 11 is 0. The van der Waals surface area contributed by atoms with Crippen molar-refractivity contribution in [1.29, 1.82) is 0 Å². The van der Waals surface area contributed by atoms with Gasteiger partial charge in [0, 0.05) is 18.0 Å². The summed E-state index contributed by atoms with van der Waals surface area (Å²) in [4.78, 5) is 0.334. The Bertz CT molecular complexity index is 538. The van der Waals surface area contributed by atoms with Crippen LogP contribution >= 0.6 is 0 Å². The fraction of sp³-hybridized carbons (Fsp3) is 0.600. The van der Waals surface area contributed by atoms with Crippen molar-refractivity contribution in [1.82, 2.24) is 4.72 Å². The van der Waals surface area contributed by atoms with Gasteiger partial charge in [-0.15, -0.1) is 0 Å². The van der Waals surface area contributed by atoms with Crippen LogP contribution in [-0.4, -0.2) is 20.5 Å². The molecule has 1 saturated carbocycles. The van der Waals surface area contributed by atoms with E-state index in [0.717, 1.165) is 18.4 Å². The van der Waals surface area contributed by atoms with Gasteiger partial charge in [0.05, 0.1) is 4.90 Å². The lowest BCUT2D eigenvalue weighted by Crippen LogP contribution is -2.29. The van der Waals surface area contributed by atoms with E-state index in [-0.39, 0.29) is 18.0 Å². The van der Waals surface area contributed by atoms with Gasteiger partial charge in [0.1, 0.15) is 0 Å². The highest BCUT2D eigenvalue weighted by atomic mass is 32.2. The molecular weight excluding hydrogens is 272 g/mol. The molecule has 0 spiro atoms. The summed E-state index contributed by atoms with van der Waals surface area (Å²) in [5.41, 5.74) is 7.13. The fourth-order valence-electron chi connectivity index (χ4n) is 2.65. The van der Waals surface area contributed by atoms with E-state index in [4.69, 9.17) is 5.73 Å². The van der Waals surface area contributed by atoms with Crippen LogP contribution in [0.3, 0.4) is 0 Å². The van der Waals surface area contributed by atoms with Crippen LogP contribution in [0.5, 0.6) is 0 Å². The predicted molar refractivity (Wildman–Crippen MR) is 81.0 cm³/mol. The zero-order valence-corrected chi connectivity index (χ0v) is 13.2. The van der Waals surface area contributed by atoms with Gasteiger partial charge < -0.3 is 5.73 Å². The van der Waals surface area contributed by atoms with Crippen molar-refractivity contribution in [2.24, 2.45) is 11.7 Å². The Morgan fingerprint density at radius 2 is 1.70 bits per heavy atom. The molecule has 1 aromatic carbocycles. The van der Waals surface area contributed by atoms with Gasteiger partial charge in [-0.2, -0.15) is 0 Å². The summed E-state index contributed by atoms with van der Waals surface area (Å²) in [6.45, 7) is 6.25. The first-order valence-corrected chi connectivity index (χ1v) is 8.67. The van der Waals surface area contributed by atoms with Crippen molar-refractivity contribution in [3.63, 3.8) is 0 Å². The van der Waals surface area contributed by atoms with E-state index in [9.17, 15) is 8.42 Å². The SMILES string of the molecule is CC(C)C(c1ccc(S(=O)(=O)NC2CC2)cc1)C(C)N. The van der Waals surface area contributed by atoms with Crippen LogP contribution in [0, 0.1) is 5.92 Å². The Morgan fingerprint density at radius 3 is 2.10 bits per heavy atom. The van der Waals surface area contributed by atoms with E-state index in [1.54, 1.807) is 12.1 Å². The lowest BCUT2D eigenvalue weighted by atomic mass is 9.83. The van der Waals surface area contributed by atoms with E-state index in [1.165, 1.54) is 0 Å². The lowest BCUT2D eigenvalue weighted by molar-refractivity contribution is 0.435. The highest BCUT2D eigenvalue weighted by Crippen LogP contribution is 2.28. The molecule has 1 aliphatic carbocycles. The second-order valence-electron chi connectivity index (χ2n) is 6.09. The van der Waals surface area contributed by atoms with Crippen LogP contribution in [-0.2, 0) is 10.0 Å². The van der Waals surface area contributed by atoms with Crippen LogP contribution in [0.15, 0.2) is 29.2 Å². The third kappa shape index (κ3) is 3.59. The minimum Gasteiger partial charge on any atom is -0.327 e. The average molecular weight is 296 g/mol. The number of nitrogens with one attached hydrogen (secondary N) is 1. The molecule has 5 heteroatoms. The van der Waals surface area contributed by atoms with Crippen molar-refractivity contribution < 1.29 is 8.42 Å². The Hall–Kier alpha value is -0.910. The molecule has 0 bridgehead atoms. The predicted octanol–water partition coefficient (Wildman–Crippen LogP) is 2.21. The Kier molecular flexibility index (Phi) is 4.52. The van der Waals surface area contributed by atoms with E-state index in [0.29, 0.717) is 10.8 Å². The maximum absolute atomic E-state index is 12.1. The first-order chi connectivity index (χ1) is 9.31. The smallest absolute Gasteiger partial charge is 0.240 e. The first kappa shape index (κ1) is 15.5. The van der Waals surface area contributed by atoms with E-state index >= 15 is 0 Å². The van der Waals surface area contributed by atoms with Gasteiger partial charge in [-0.05, 0) is 43.4 Å². The number of hydrogen-bond donors (Lipinski definition) is 2. The molecule has 1 aromatic rings. The number of rotatable bonds is 6. The first-order valence-electron chi connectivity index (χ1n) is 7.19. The van der Waals surface area contributed by atoms with Gasteiger partial charge in [-0.3, -0.25) is 0 Å². The molecule has 0 aromatic heterocycles. The summed E-state index contributed by atoms with van der Waals surface area (Å²) in [6, 6.07) is 7.30. The van der Waals surface area contributed by atoms with Gasteiger partial charge >= 0.3 is 0 Å². The van der Waals surface area contributed by atoms with Crippen LogP contribution in [0.25, 0.3) is 0 Å². The number of hydrogen-bond acceptors (Lipinski definition) is 3. The zero-order valence-electron chi connectivity index (χ0n) is 12.3. The molecule has 2 unspecified atom stereocenters. The number of benzene rings is 1. The molecule has 0 heterocycles. The molecule has 1 aliphatic rings. The number of nitrogens with two attached hydrogens (primary N) is 1. The van der Waals surface area contributed by atoms with Crippen molar-refractivity contribution in [2.75, 3.05) is 0 Å². The summed E-state index contributed by atoms with van der Waals surface area (Å²) in [5, 5.41) is 0. The highest BCUT2D eigenvalue weighted by Gasteiger charge is 2.28. The Balaban J connectivity index is 2.20. The molecule has 0 radical (unpaired) electrons. The standard InChI is InChI=1S/C15H24N2O2S/c1-10(2)15(11(3)16)12-4-8-14(9-5-12)20(18,19)17-13-6-7-13/h4-5,8-11,13,15,17H,6-7,16H2,1-3H3. The quantitative estimate of drug-likeness (QED) is 0.845. The van der Waals surface area contributed by atoms with Gasteiger partial charge in [-0.25, -0.2) is 13.1 Å². The maximum atomic E-state index is 12.1. The zero-order chi connectivity index (χ0) is 14.9. The monoisotopic (exact) mass is 296 g/mol. The second kappa shape index (κ2) is 5.84. The molecular formula is C15H24N2O2S. The molecule has 3 N–H and O–H groups in total. The lowest BCUT2D eigenvalue weighted by Gasteiger charge is -2.25. The van der Waals surface area contributed by atoms with Crippen LogP contribution < -0.4 is 10.5 Å². The van der Waals surface area contributed by atoms with Crippen molar-refractivity contribution in [3.05, 3.63) is 29.8 Å². The minimum atomic E-state index is -3.36. The number of sulfonamides is 1. The van der Waals surface area contributed by atoms with Gasteiger partial charge in [0.25, 0.3) is 0 Å². The maximum Gasteiger partial charge on any atom is 0.240 e. The average Bonchev–Trinajstić information content (AvgIpc) is 3.12. The summed E-state index contributed by atoms with van der Waals surface area (Å²) in [5.74, 6) is 0.658. The summed E-state index contributed by atoms with van der Waals surface area (Å²) in [6.07, 6.45) is 1.88. The Labute approximate surface area is 121 Å². The second-order valence-corrected chi connectivity index (χ2v) is 7.81. The van der Waals surface area contributed by atoms with Crippen molar-refractivity contribution in [3.8, 4) is 0 Å². The van der Waals surface area contributed by atoms with Gasteiger partial charge in [0.2, 0.25) is 10.0 Å². The van der Waals surface area contributed by atoms with E-state index in [2.05, 4.69) is 18.6 Å². The molecule has 0 amide bonds. The van der Waals surface area contributed by atoms with Gasteiger partial charge in [0.15, 0.2) is 0 Å². The van der Waals surface area contributed by atoms with Crippen LogP contribution in [0.4, 0.5) is 0 Å². The molecule has 20 heavy (non-hydrogen) atoms. The van der Waals surface area contributed by atoms with Gasteiger partial charge in [-0.1, -0.05) is 26.0 Å². The molecule has 1 fully saturated rings. The van der Waals surface area contributed by atoms with Crippen molar-refractivity contribution >= 4 is 10.0 Å². The topological polar surface area (TPSA) is 72.2 Å². The minimum absolute atomic E-state index is 0.0436. The molecule has 2 atom stereocenters. The summed E-state index contributed by atoms with van der Waals surface area (Å²) in [7, 11) is -3.36. The fourth-order valence-corrected chi connectivity index (χ4v) is 3.96. The summed E-state index contributed by atoms with van der Waals surface area (Å²) < 4.78 is 26.9. The van der Waals surface area contributed by atoms with Crippen LogP contribution in [0.1, 0.15) is 45.1 Å². The molecule has 112 valence electrons. The molecule has 0 saturated heterocycles. The molecule has 0 aliphatic heterocycles. The largest absolute Gasteiger partial charge is 0.327 e. The van der Waals surface area contributed by atoms with E-state index in [1.807, 2.05) is 19.1 Å². The Morgan fingerprint density at radius 1 is 1.15 bits per heavy atom. The highest BCUT2D eigenvalue weighted by molar-refractivity contribution is 7.89. The molecule has 4 nitrogen and oxygen atoms in total. The third-order valence-corrected chi connectivity index (χ3v) is 5.30. The van der Waals surface area contributed by atoms with Crippen LogP contribution in [0.2, 0.25) is 0 Å². The van der Waals surface area contributed by atoms with Crippen molar-refractivity contribution in [2.45, 2.75) is 56.5 Å². The van der Waals surface area contributed by atoms with E-state index < -0.39 is 10.0 Å².